The molecule has 0 radical (unpaired) electrons. The van der Waals surface area contributed by atoms with Gasteiger partial charge in [0.25, 0.3) is 0 Å². The number of hydrogen-bond donors (Lipinski definition) is 1. The Morgan fingerprint density at radius 2 is 1.76 bits per heavy atom. The molecule has 1 aromatic carbocycles. The number of benzene rings is 1. The Kier molecular flexibility index (Phi) is 5.39. The minimum absolute atomic E-state index is 0.0631. The zero-order valence-corrected chi connectivity index (χ0v) is 13.7. The van der Waals surface area contributed by atoms with E-state index in [0.29, 0.717) is 6.04 Å². The van der Waals surface area contributed by atoms with Gasteiger partial charge < -0.3 is 10.1 Å². The summed E-state index contributed by atoms with van der Waals surface area (Å²) in [6, 6.07) is 7.44. The van der Waals surface area contributed by atoms with Crippen molar-refractivity contribution >= 4 is 0 Å². The molecule has 0 amide bonds. The molecule has 0 spiro atoms. The summed E-state index contributed by atoms with van der Waals surface area (Å²) < 4.78 is 18.8. The van der Waals surface area contributed by atoms with Crippen LogP contribution in [0.15, 0.2) is 24.3 Å². The van der Waals surface area contributed by atoms with Gasteiger partial charge in [0.15, 0.2) is 0 Å². The number of methoxy groups -OCH3 is 1. The second kappa shape index (κ2) is 6.89. The van der Waals surface area contributed by atoms with Gasteiger partial charge in [-0.1, -0.05) is 45.7 Å². The minimum atomic E-state index is -0.182. The first-order valence-corrected chi connectivity index (χ1v) is 7.96. The van der Waals surface area contributed by atoms with Crippen LogP contribution in [0.25, 0.3) is 0 Å². The summed E-state index contributed by atoms with van der Waals surface area (Å²) in [4.78, 5) is 0. The highest BCUT2D eigenvalue weighted by Crippen LogP contribution is 2.35. The van der Waals surface area contributed by atoms with Crippen LogP contribution in [0.5, 0.6) is 0 Å². The molecule has 3 heteroatoms. The molecule has 0 aromatic heterocycles. The topological polar surface area (TPSA) is 21.3 Å². The van der Waals surface area contributed by atoms with Crippen LogP contribution in [0.4, 0.5) is 4.39 Å². The Labute approximate surface area is 128 Å². The van der Waals surface area contributed by atoms with E-state index in [2.05, 4.69) is 26.1 Å². The monoisotopic (exact) mass is 293 g/mol. The van der Waals surface area contributed by atoms with Crippen molar-refractivity contribution in [3.05, 3.63) is 35.6 Å². The molecule has 1 aliphatic carbocycles. The Balaban J connectivity index is 2.18. The zero-order valence-electron chi connectivity index (χ0n) is 13.7. The SMILES string of the molecule is COC1CCCCC1NC(c1ccc(F)cc1)C(C)(C)C. The molecule has 1 aromatic rings. The van der Waals surface area contributed by atoms with Gasteiger partial charge in [-0.15, -0.1) is 0 Å². The lowest BCUT2D eigenvalue weighted by atomic mass is 9.80. The number of ether oxygens (including phenoxy) is 1. The van der Waals surface area contributed by atoms with E-state index in [0.717, 1.165) is 18.4 Å². The average Bonchev–Trinajstić information content (AvgIpc) is 2.45. The fraction of sp³-hybridized carbons (Fsp3) is 0.667. The highest BCUT2D eigenvalue weighted by molar-refractivity contribution is 5.22. The quantitative estimate of drug-likeness (QED) is 0.885. The van der Waals surface area contributed by atoms with Crippen LogP contribution in [0.2, 0.25) is 0 Å². The van der Waals surface area contributed by atoms with Crippen LogP contribution in [-0.4, -0.2) is 19.3 Å². The molecule has 3 unspecified atom stereocenters. The molecule has 1 saturated carbocycles. The molecular weight excluding hydrogens is 265 g/mol. The van der Waals surface area contributed by atoms with Gasteiger partial charge in [0.05, 0.1) is 6.10 Å². The van der Waals surface area contributed by atoms with Gasteiger partial charge in [-0.3, -0.25) is 0 Å². The lowest BCUT2D eigenvalue weighted by molar-refractivity contribution is 0.0309. The van der Waals surface area contributed by atoms with Crippen molar-refractivity contribution in [1.29, 1.82) is 0 Å². The molecule has 0 heterocycles. The summed E-state index contributed by atoms with van der Waals surface area (Å²) in [5, 5.41) is 3.79. The number of nitrogens with one attached hydrogen (secondary N) is 1. The van der Waals surface area contributed by atoms with Gasteiger partial charge in [0.2, 0.25) is 0 Å². The van der Waals surface area contributed by atoms with Crippen molar-refractivity contribution in [2.24, 2.45) is 5.41 Å². The summed E-state index contributed by atoms with van der Waals surface area (Å²) in [7, 11) is 1.80. The zero-order chi connectivity index (χ0) is 15.5. The molecule has 3 atom stereocenters. The number of halogens is 1. The Morgan fingerprint density at radius 3 is 2.33 bits per heavy atom. The van der Waals surface area contributed by atoms with Crippen LogP contribution in [0, 0.1) is 11.2 Å². The standard InChI is InChI=1S/C18H28FNO/c1-18(2,3)17(13-9-11-14(19)12-10-13)20-15-7-5-6-8-16(15)21-4/h9-12,15-17,20H,5-8H2,1-4H3. The van der Waals surface area contributed by atoms with Crippen molar-refractivity contribution in [1.82, 2.24) is 5.32 Å². The molecule has 2 nitrogen and oxygen atoms in total. The van der Waals surface area contributed by atoms with Gasteiger partial charge in [0, 0.05) is 19.2 Å². The lowest BCUT2D eigenvalue weighted by Gasteiger charge is -2.39. The van der Waals surface area contributed by atoms with E-state index in [-0.39, 0.29) is 23.4 Å². The van der Waals surface area contributed by atoms with E-state index < -0.39 is 0 Å². The molecule has 0 bridgehead atoms. The molecule has 21 heavy (non-hydrogen) atoms. The van der Waals surface area contributed by atoms with Gasteiger partial charge in [-0.2, -0.15) is 0 Å². The van der Waals surface area contributed by atoms with Crippen LogP contribution >= 0.6 is 0 Å². The summed E-state index contributed by atoms with van der Waals surface area (Å²) >= 11 is 0. The molecule has 2 rings (SSSR count). The third-order valence-electron chi connectivity index (χ3n) is 4.46. The molecule has 0 saturated heterocycles. The van der Waals surface area contributed by atoms with Gasteiger partial charge in [0.1, 0.15) is 5.82 Å². The molecule has 1 N–H and O–H groups in total. The lowest BCUT2D eigenvalue weighted by Crippen LogP contribution is -2.47. The Hall–Kier alpha value is -0.930. The van der Waals surface area contributed by atoms with Crippen molar-refractivity contribution < 1.29 is 9.13 Å². The summed E-state index contributed by atoms with van der Waals surface area (Å²) in [5.74, 6) is -0.182. The first-order chi connectivity index (χ1) is 9.91. The minimum Gasteiger partial charge on any atom is -0.380 e. The van der Waals surface area contributed by atoms with E-state index in [1.165, 1.54) is 12.8 Å². The maximum atomic E-state index is 13.2. The highest BCUT2D eigenvalue weighted by atomic mass is 19.1. The summed E-state index contributed by atoms with van der Waals surface area (Å²) in [5.41, 5.74) is 1.21. The molecular formula is C18H28FNO. The average molecular weight is 293 g/mol. The largest absolute Gasteiger partial charge is 0.380 e. The van der Waals surface area contributed by atoms with Crippen molar-refractivity contribution in [3.8, 4) is 0 Å². The van der Waals surface area contributed by atoms with Gasteiger partial charge in [-0.05, 0) is 36.0 Å². The third-order valence-corrected chi connectivity index (χ3v) is 4.46. The van der Waals surface area contributed by atoms with E-state index in [9.17, 15) is 4.39 Å². The molecule has 1 aliphatic rings. The predicted octanol–water partition coefficient (Wildman–Crippen LogP) is 4.46. The third kappa shape index (κ3) is 4.27. The number of rotatable bonds is 4. The van der Waals surface area contributed by atoms with Crippen molar-refractivity contribution in [3.63, 3.8) is 0 Å². The predicted molar refractivity (Wildman–Crippen MR) is 84.8 cm³/mol. The normalized spacial score (nSPS) is 24.8. The van der Waals surface area contributed by atoms with Crippen molar-refractivity contribution in [2.75, 3.05) is 7.11 Å². The van der Waals surface area contributed by atoms with Crippen LogP contribution in [-0.2, 0) is 4.74 Å². The fourth-order valence-corrected chi connectivity index (χ4v) is 3.29. The second-order valence-corrected chi connectivity index (χ2v) is 7.18. The summed E-state index contributed by atoms with van der Waals surface area (Å²) in [6.45, 7) is 6.66. The first kappa shape index (κ1) is 16.4. The van der Waals surface area contributed by atoms with E-state index in [1.807, 2.05) is 12.1 Å². The highest BCUT2D eigenvalue weighted by Gasteiger charge is 2.32. The summed E-state index contributed by atoms with van der Waals surface area (Å²) in [6.07, 6.45) is 5.04. The van der Waals surface area contributed by atoms with E-state index in [4.69, 9.17) is 4.74 Å². The van der Waals surface area contributed by atoms with Gasteiger partial charge in [-0.25, -0.2) is 4.39 Å². The first-order valence-electron chi connectivity index (χ1n) is 7.96. The molecule has 0 aliphatic heterocycles. The van der Waals surface area contributed by atoms with E-state index in [1.54, 1.807) is 19.2 Å². The molecule has 118 valence electrons. The fourth-order valence-electron chi connectivity index (χ4n) is 3.29. The van der Waals surface area contributed by atoms with Crippen LogP contribution in [0.3, 0.4) is 0 Å². The van der Waals surface area contributed by atoms with Crippen molar-refractivity contribution in [2.45, 2.75) is 64.6 Å². The molecule has 1 fully saturated rings. The maximum absolute atomic E-state index is 13.2. The Morgan fingerprint density at radius 1 is 1.14 bits per heavy atom. The van der Waals surface area contributed by atoms with Gasteiger partial charge >= 0.3 is 0 Å². The maximum Gasteiger partial charge on any atom is 0.123 e. The Bertz CT molecular complexity index is 438. The van der Waals surface area contributed by atoms with E-state index >= 15 is 0 Å². The van der Waals surface area contributed by atoms with Crippen LogP contribution in [0.1, 0.15) is 58.1 Å². The van der Waals surface area contributed by atoms with Crippen LogP contribution < -0.4 is 5.32 Å². The smallest absolute Gasteiger partial charge is 0.123 e. The second-order valence-electron chi connectivity index (χ2n) is 7.18. The number of hydrogen-bond acceptors (Lipinski definition) is 2.